The Labute approximate surface area is 120 Å². The average Bonchev–Trinajstić information content (AvgIpc) is 2.42. The van der Waals surface area contributed by atoms with Crippen molar-refractivity contribution in [1.29, 1.82) is 0 Å². The molecule has 0 aliphatic heterocycles. The van der Waals surface area contributed by atoms with Crippen molar-refractivity contribution >= 4 is 5.97 Å². The van der Waals surface area contributed by atoms with Crippen LogP contribution < -0.4 is 4.74 Å². The van der Waals surface area contributed by atoms with Crippen LogP contribution >= 0.6 is 0 Å². The topological polar surface area (TPSA) is 59.0 Å². The molecule has 0 heterocycles. The Morgan fingerprint density at radius 3 is 2.75 bits per heavy atom. The van der Waals surface area contributed by atoms with E-state index < -0.39 is 0 Å². The number of esters is 1. The molecule has 0 spiro atoms. The molecular weight excluding hydrogens is 258 g/mol. The van der Waals surface area contributed by atoms with E-state index in [2.05, 4.69) is 4.90 Å². The highest BCUT2D eigenvalue weighted by molar-refractivity contribution is 5.69. The number of rotatable bonds is 8. The molecule has 1 N–H and O–H groups in total. The van der Waals surface area contributed by atoms with Crippen molar-refractivity contribution in [2.75, 3.05) is 34.4 Å². The van der Waals surface area contributed by atoms with E-state index in [-0.39, 0.29) is 11.7 Å². The van der Waals surface area contributed by atoms with E-state index in [4.69, 9.17) is 9.47 Å². The number of methoxy groups -OCH3 is 1. The number of benzene rings is 1. The van der Waals surface area contributed by atoms with Crippen LogP contribution in [0, 0.1) is 0 Å². The molecule has 0 saturated carbocycles. The maximum Gasteiger partial charge on any atom is 0.306 e. The van der Waals surface area contributed by atoms with Crippen molar-refractivity contribution in [1.82, 2.24) is 4.90 Å². The van der Waals surface area contributed by atoms with Crippen LogP contribution in [0.4, 0.5) is 0 Å². The van der Waals surface area contributed by atoms with Crippen LogP contribution in [-0.2, 0) is 16.0 Å². The van der Waals surface area contributed by atoms with Gasteiger partial charge in [0, 0.05) is 13.0 Å². The first kappa shape index (κ1) is 16.3. The number of carbonyl (C=O) groups is 1. The Balaban J connectivity index is 2.30. The van der Waals surface area contributed by atoms with Gasteiger partial charge in [-0.1, -0.05) is 6.07 Å². The van der Waals surface area contributed by atoms with Gasteiger partial charge in [0.15, 0.2) is 11.5 Å². The van der Waals surface area contributed by atoms with Crippen molar-refractivity contribution in [2.24, 2.45) is 0 Å². The first-order valence-electron chi connectivity index (χ1n) is 6.69. The lowest BCUT2D eigenvalue weighted by molar-refractivity contribution is -0.143. The minimum atomic E-state index is -0.198. The van der Waals surface area contributed by atoms with E-state index in [0.717, 1.165) is 18.5 Å². The van der Waals surface area contributed by atoms with Gasteiger partial charge in [-0.05, 0) is 44.6 Å². The summed E-state index contributed by atoms with van der Waals surface area (Å²) in [5, 5.41) is 9.48. The van der Waals surface area contributed by atoms with E-state index in [1.54, 1.807) is 18.2 Å². The number of phenols is 1. The van der Waals surface area contributed by atoms with E-state index in [1.807, 2.05) is 14.1 Å². The third-order valence-corrected chi connectivity index (χ3v) is 2.87. The van der Waals surface area contributed by atoms with Crippen LogP contribution in [0.15, 0.2) is 18.2 Å². The van der Waals surface area contributed by atoms with Gasteiger partial charge in [0.05, 0.1) is 13.7 Å². The highest BCUT2D eigenvalue weighted by atomic mass is 16.5. The Kier molecular flexibility index (Phi) is 6.87. The molecule has 0 aliphatic rings. The van der Waals surface area contributed by atoms with Crippen LogP contribution in [0.25, 0.3) is 0 Å². The zero-order chi connectivity index (χ0) is 15.0. The lowest BCUT2D eigenvalue weighted by atomic mass is 10.1. The summed E-state index contributed by atoms with van der Waals surface area (Å²) in [7, 11) is 5.47. The quantitative estimate of drug-likeness (QED) is 0.582. The van der Waals surface area contributed by atoms with Gasteiger partial charge in [0.25, 0.3) is 0 Å². The minimum absolute atomic E-state index is 0.0995. The van der Waals surface area contributed by atoms with E-state index in [9.17, 15) is 9.90 Å². The summed E-state index contributed by atoms with van der Waals surface area (Å²) in [6.45, 7) is 1.36. The molecule has 20 heavy (non-hydrogen) atoms. The third-order valence-electron chi connectivity index (χ3n) is 2.87. The molecule has 0 saturated heterocycles. The molecule has 5 heteroatoms. The van der Waals surface area contributed by atoms with Gasteiger partial charge in [-0.15, -0.1) is 0 Å². The standard InChI is InChI=1S/C15H23NO4/c1-16(2)9-4-10-20-15(18)8-6-12-5-7-13(17)14(11-12)19-3/h5,7,11,17H,4,6,8-10H2,1-3H3. The van der Waals surface area contributed by atoms with Gasteiger partial charge < -0.3 is 19.5 Å². The second-order valence-electron chi connectivity index (χ2n) is 4.88. The van der Waals surface area contributed by atoms with Crippen LogP contribution in [0.3, 0.4) is 0 Å². The lowest BCUT2D eigenvalue weighted by Crippen LogP contribution is -2.16. The lowest BCUT2D eigenvalue weighted by Gasteiger charge is -2.10. The molecule has 0 radical (unpaired) electrons. The zero-order valence-electron chi connectivity index (χ0n) is 12.4. The summed E-state index contributed by atoms with van der Waals surface area (Å²) in [4.78, 5) is 13.6. The Bertz CT molecular complexity index is 432. The van der Waals surface area contributed by atoms with Gasteiger partial charge in [-0.25, -0.2) is 0 Å². The highest BCUT2D eigenvalue weighted by Gasteiger charge is 2.06. The first-order valence-corrected chi connectivity index (χ1v) is 6.69. The third kappa shape index (κ3) is 5.93. The summed E-state index contributed by atoms with van der Waals surface area (Å²) >= 11 is 0. The maximum absolute atomic E-state index is 11.6. The van der Waals surface area contributed by atoms with Crippen LogP contribution in [-0.4, -0.2) is 50.3 Å². The fourth-order valence-electron chi connectivity index (χ4n) is 1.76. The molecule has 0 fully saturated rings. The largest absolute Gasteiger partial charge is 0.504 e. The van der Waals surface area contributed by atoms with Gasteiger partial charge in [0.1, 0.15) is 0 Å². The van der Waals surface area contributed by atoms with Crippen molar-refractivity contribution in [3.63, 3.8) is 0 Å². The van der Waals surface area contributed by atoms with Crippen LogP contribution in [0.2, 0.25) is 0 Å². The van der Waals surface area contributed by atoms with Gasteiger partial charge >= 0.3 is 5.97 Å². The summed E-state index contributed by atoms with van der Waals surface area (Å²) in [6, 6.07) is 5.07. The first-order chi connectivity index (χ1) is 9.52. The molecule has 0 atom stereocenters. The predicted octanol–water partition coefficient (Wildman–Crippen LogP) is 1.83. The van der Waals surface area contributed by atoms with Crippen molar-refractivity contribution in [3.8, 4) is 11.5 Å². The summed E-state index contributed by atoms with van der Waals surface area (Å²) < 4.78 is 10.2. The molecule has 5 nitrogen and oxygen atoms in total. The molecular formula is C15H23NO4. The molecule has 0 aliphatic carbocycles. The molecule has 112 valence electrons. The number of aromatic hydroxyl groups is 1. The molecule has 1 aromatic rings. The number of hydrogen-bond donors (Lipinski definition) is 1. The maximum atomic E-state index is 11.6. The number of carbonyl (C=O) groups excluding carboxylic acids is 1. The zero-order valence-corrected chi connectivity index (χ0v) is 12.4. The van der Waals surface area contributed by atoms with Gasteiger partial charge in [-0.2, -0.15) is 0 Å². The molecule has 0 unspecified atom stereocenters. The molecule has 0 amide bonds. The van der Waals surface area contributed by atoms with E-state index in [0.29, 0.717) is 25.2 Å². The van der Waals surface area contributed by atoms with Gasteiger partial charge in [0.2, 0.25) is 0 Å². The number of phenolic OH excluding ortho intramolecular Hbond substituents is 1. The van der Waals surface area contributed by atoms with Gasteiger partial charge in [-0.3, -0.25) is 4.79 Å². The minimum Gasteiger partial charge on any atom is -0.504 e. The number of aryl methyl sites for hydroxylation is 1. The molecule has 1 aromatic carbocycles. The van der Waals surface area contributed by atoms with Crippen LogP contribution in [0.1, 0.15) is 18.4 Å². The molecule has 0 bridgehead atoms. The van der Waals surface area contributed by atoms with E-state index in [1.165, 1.54) is 7.11 Å². The number of ether oxygens (including phenoxy) is 2. The fourth-order valence-corrected chi connectivity index (χ4v) is 1.76. The van der Waals surface area contributed by atoms with Crippen molar-refractivity contribution in [3.05, 3.63) is 23.8 Å². The number of hydrogen-bond acceptors (Lipinski definition) is 5. The average molecular weight is 281 g/mol. The smallest absolute Gasteiger partial charge is 0.306 e. The fraction of sp³-hybridized carbons (Fsp3) is 0.533. The monoisotopic (exact) mass is 281 g/mol. The number of nitrogens with zero attached hydrogens (tertiary/aromatic N) is 1. The predicted molar refractivity (Wildman–Crippen MR) is 77.1 cm³/mol. The molecule has 1 rings (SSSR count). The van der Waals surface area contributed by atoms with E-state index >= 15 is 0 Å². The Morgan fingerprint density at radius 1 is 1.35 bits per heavy atom. The Morgan fingerprint density at radius 2 is 2.10 bits per heavy atom. The highest BCUT2D eigenvalue weighted by Crippen LogP contribution is 2.26. The summed E-state index contributed by atoms with van der Waals surface area (Å²) in [6.07, 6.45) is 1.74. The SMILES string of the molecule is COc1cc(CCC(=O)OCCCN(C)C)ccc1O. The van der Waals surface area contributed by atoms with Crippen LogP contribution in [0.5, 0.6) is 11.5 Å². The summed E-state index contributed by atoms with van der Waals surface area (Å²) in [5.41, 5.74) is 0.935. The summed E-state index contributed by atoms with van der Waals surface area (Å²) in [5.74, 6) is 0.320. The normalized spacial score (nSPS) is 10.6. The Hall–Kier alpha value is -1.75. The van der Waals surface area contributed by atoms with Crippen molar-refractivity contribution in [2.45, 2.75) is 19.3 Å². The van der Waals surface area contributed by atoms with Crippen molar-refractivity contribution < 1.29 is 19.4 Å². The second-order valence-corrected chi connectivity index (χ2v) is 4.88. The molecule has 0 aromatic heterocycles. The second kappa shape index (κ2) is 8.43.